The van der Waals surface area contributed by atoms with Crippen molar-refractivity contribution in [3.63, 3.8) is 0 Å². The van der Waals surface area contributed by atoms with Crippen molar-refractivity contribution in [1.82, 2.24) is 9.88 Å². The number of hydrogen-bond donors (Lipinski definition) is 2. The van der Waals surface area contributed by atoms with E-state index in [1.54, 1.807) is 12.1 Å². The van der Waals surface area contributed by atoms with Gasteiger partial charge < -0.3 is 15.0 Å². The van der Waals surface area contributed by atoms with Gasteiger partial charge in [-0.1, -0.05) is 0 Å². The summed E-state index contributed by atoms with van der Waals surface area (Å²) in [5, 5.41) is 21.6. The number of nitriles is 1. The number of nitrogens with one attached hydrogen (secondary N) is 1. The van der Waals surface area contributed by atoms with Crippen molar-refractivity contribution in [2.45, 2.75) is 12.8 Å². The molecule has 0 aliphatic heterocycles. The second-order valence-corrected chi connectivity index (χ2v) is 4.40. The Morgan fingerprint density at radius 2 is 2.32 bits per heavy atom. The Labute approximate surface area is 111 Å². The number of carbonyl (C=O) groups is 1. The largest absolute Gasteiger partial charge is 0.508 e. The highest BCUT2D eigenvalue weighted by Crippen LogP contribution is 2.24. The van der Waals surface area contributed by atoms with Crippen LogP contribution < -0.4 is 5.32 Å². The lowest BCUT2D eigenvalue weighted by atomic mass is 10.1. The Hall–Kier alpha value is -2.48. The fourth-order valence-corrected chi connectivity index (χ4v) is 2.13. The van der Waals surface area contributed by atoms with Gasteiger partial charge in [0.1, 0.15) is 12.2 Å². The van der Waals surface area contributed by atoms with Gasteiger partial charge in [-0.3, -0.25) is 4.79 Å². The maximum Gasteiger partial charge on any atom is 0.234 e. The van der Waals surface area contributed by atoms with Crippen LogP contribution in [0.1, 0.15) is 12.0 Å². The molecular formula is C14H15N3O2. The molecule has 5 nitrogen and oxygen atoms in total. The molecule has 0 atom stereocenters. The number of carbonyl (C=O) groups excluding carboxylic acids is 1. The van der Waals surface area contributed by atoms with E-state index in [1.807, 2.05) is 29.9 Å². The number of hydrogen-bond acceptors (Lipinski definition) is 3. The first kappa shape index (κ1) is 13.0. The molecule has 5 heteroatoms. The second-order valence-electron chi connectivity index (χ2n) is 4.40. The number of fused-ring (bicyclic) bond motifs is 1. The van der Waals surface area contributed by atoms with Crippen LogP contribution in [0, 0.1) is 11.3 Å². The van der Waals surface area contributed by atoms with E-state index in [9.17, 15) is 9.90 Å². The molecule has 1 aromatic carbocycles. The summed E-state index contributed by atoms with van der Waals surface area (Å²) in [6.45, 7) is 0.481. The van der Waals surface area contributed by atoms with Crippen molar-refractivity contribution in [2.24, 2.45) is 7.05 Å². The van der Waals surface area contributed by atoms with Gasteiger partial charge in [-0.25, -0.2) is 0 Å². The third-order valence-corrected chi connectivity index (χ3v) is 3.01. The molecule has 0 aliphatic carbocycles. The van der Waals surface area contributed by atoms with Crippen molar-refractivity contribution in [3.05, 3.63) is 30.0 Å². The first-order chi connectivity index (χ1) is 9.11. The highest BCUT2D eigenvalue weighted by molar-refractivity contribution is 5.85. The molecule has 0 saturated carbocycles. The third-order valence-electron chi connectivity index (χ3n) is 3.01. The summed E-state index contributed by atoms with van der Waals surface area (Å²) in [7, 11) is 1.94. The number of benzene rings is 1. The second kappa shape index (κ2) is 5.44. The van der Waals surface area contributed by atoms with Gasteiger partial charge in [0.2, 0.25) is 5.91 Å². The Morgan fingerprint density at radius 1 is 1.53 bits per heavy atom. The third kappa shape index (κ3) is 2.86. The van der Waals surface area contributed by atoms with Crippen LogP contribution in [-0.4, -0.2) is 22.1 Å². The van der Waals surface area contributed by atoms with Crippen LogP contribution in [0.2, 0.25) is 0 Å². The molecule has 98 valence electrons. The van der Waals surface area contributed by atoms with E-state index in [1.165, 1.54) is 0 Å². The van der Waals surface area contributed by atoms with Crippen molar-refractivity contribution < 1.29 is 9.90 Å². The smallest absolute Gasteiger partial charge is 0.234 e. The number of phenols is 1. The van der Waals surface area contributed by atoms with E-state index in [0.29, 0.717) is 13.0 Å². The quantitative estimate of drug-likeness (QED) is 0.870. The predicted molar refractivity (Wildman–Crippen MR) is 71.5 cm³/mol. The molecule has 1 heterocycles. The maximum absolute atomic E-state index is 11.2. The van der Waals surface area contributed by atoms with E-state index < -0.39 is 0 Å². The zero-order valence-electron chi connectivity index (χ0n) is 10.7. The van der Waals surface area contributed by atoms with Gasteiger partial charge in [0.15, 0.2) is 0 Å². The van der Waals surface area contributed by atoms with Gasteiger partial charge in [0, 0.05) is 30.7 Å². The normalized spacial score (nSPS) is 10.3. The lowest BCUT2D eigenvalue weighted by molar-refractivity contribution is -0.120. The molecule has 2 rings (SSSR count). The number of aromatic nitrogens is 1. The molecule has 0 fully saturated rings. The van der Waals surface area contributed by atoms with E-state index in [4.69, 9.17) is 5.26 Å². The van der Waals surface area contributed by atoms with Gasteiger partial charge in [0.05, 0.1) is 6.07 Å². The average Bonchev–Trinajstić information content (AvgIpc) is 2.66. The summed E-state index contributed by atoms with van der Waals surface area (Å²) in [5.74, 6) is -0.0287. The van der Waals surface area contributed by atoms with Crippen molar-refractivity contribution >= 4 is 16.8 Å². The first-order valence-electron chi connectivity index (χ1n) is 6.02. The Morgan fingerprint density at radius 3 is 3.05 bits per heavy atom. The molecule has 0 bridgehead atoms. The lowest BCUT2D eigenvalue weighted by Gasteiger charge is -2.02. The van der Waals surface area contributed by atoms with Crippen LogP contribution in [0.5, 0.6) is 5.75 Å². The highest BCUT2D eigenvalue weighted by Gasteiger charge is 2.07. The molecule has 1 amide bonds. The zero-order valence-corrected chi connectivity index (χ0v) is 10.7. The van der Waals surface area contributed by atoms with Gasteiger partial charge in [-0.15, -0.1) is 0 Å². The maximum atomic E-state index is 11.2. The van der Waals surface area contributed by atoms with Crippen LogP contribution >= 0.6 is 0 Å². The Balaban J connectivity index is 2.11. The fourth-order valence-electron chi connectivity index (χ4n) is 2.13. The number of rotatable bonds is 4. The van der Waals surface area contributed by atoms with Crippen molar-refractivity contribution in [1.29, 1.82) is 5.26 Å². The van der Waals surface area contributed by atoms with Crippen LogP contribution in [0.25, 0.3) is 10.9 Å². The minimum Gasteiger partial charge on any atom is -0.508 e. The van der Waals surface area contributed by atoms with E-state index >= 15 is 0 Å². The van der Waals surface area contributed by atoms with Crippen molar-refractivity contribution in [2.75, 3.05) is 6.54 Å². The van der Waals surface area contributed by atoms with E-state index in [0.717, 1.165) is 16.5 Å². The number of amides is 1. The molecule has 0 radical (unpaired) electrons. The van der Waals surface area contributed by atoms with Crippen LogP contribution in [0.4, 0.5) is 0 Å². The monoisotopic (exact) mass is 257 g/mol. The van der Waals surface area contributed by atoms with Crippen LogP contribution in [0.15, 0.2) is 24.4 Å². The summed E-state index contributed by atoms with van der Waals surface area (Å²) in [6, 6.07) is 7.05. The summed E-state index contributed by atoms with van der Waals surface area (Å²) in [5.41, 5.74) is 2.10. The minimum atomic E-state index is -0.259. The molecule has 0 saturated heterocycles. The lowest BCUT2D eigenvalue weighted by Crippen LogP contribution is -2.24. The van der Waals surface area contributed by atoms with Gasteiger partial charge in [0.25, 0.3) is 0 Å². The zero-order chi connectivity index (χ0) is 13.8. The molecule has 1 aromatic heterocycles. The Bertz CT molecular complexity index is 652. The van der Waals surface area contributed by atoms with Gasteiger partial charge in [-0.05, 0) is 30.2 Å². The molecule has 0 aliphatic rings. The SMILES string of the molecule is Cn1cc(CCNC(=O)CC#N)c2cc(O)ccc21. The average molecular weight is 257 g/mol. The fraction of sp³-hybridized carbons (Fsp3) is 0.286. The number of nitrogens with zero attached hydrogens (tertiary/aromatic N) is 2. The Kier molecular flexibility index (Phi) is 3.71. The summed E-state index contributed by atoms with van der Waals surface area (Å²) in [4.78, 5) is 11.2. The standard InChI is InChI=1S/C14H15N3O2/c1-17-9-10(5-7-16-14(19)4-6-15)12-8-11(18)2-3-13(12)17/h2-3,8-9,18H,4-5,7H2,1H3,(H,16,19). The molecule has 2 aromatic rings. The molecule has 0 spiro atoms. The van der Waals surface area contributed by atoms with E-state index in [2.05, 4.69) is 5.32 Å². The minimum absolute atomic E-state index is 0.115. The topological polar surface area (TPSA) is 78.0 Å². The van der Waals surface area contributed by atoms with Crippen molar-refractivity contribution in [3.8, 4) is 11.8 Å². The molecular weight excluding hydrogens is 242 g/mol. The molecule has 19 heavy (non-hydrogen) atoms. The molecule has 2 N–H and O–H groups in total. The summed E-state index contributed by atoms with van der Waals surface area (Å²) < 4.78 is 1.99. The summed E-state index contributed by atoms with van der Waals surface area (Å²) in [6.07, 6.45) is 2.54. The van der Waals surface area contributed by atoms with Crippen LogP contribution in [0.3, 0.4) is 0 Å². The highest BCUT2D eigenvalue weighted by atomic mass is 16.3. The van der Waals surface area contributed by atoms with E-state index in [-0.39, 0.29) is 18.1 Å². The summed E-state index contributed by atoms with van der Waals surface area (Å²) >= 11 is 0. The number of aromatic hydroxyl groups is 1. The number of aryl methyl sites for hydroxylation is 1. The van der Waals surface area contributed by atoms with Gasteiger partial charge in [-0.2, -0.15) is 5.26 Å². The predicted octanol–water partition coefficient (Wildman–Crippen LogP) is 1.46. The molecule has 0 unspecified atom stereocenters. The van der Waals surface area contributed by atoms with Gasteiger partial charge >= 0.3 is 0 Å². The van der Waals surface area contributed by atoms with Crippen LogP contribution in [-0.2, 0) is 18.3 Å². The first-order valence-corrected chi connectivity index (χ1v) is 6.02. The number of phenolic OH excluding ortho intramolecular Hbond substituents is 1.